The van der Waals surface area contributed by atoms with Crippen molar-refractivity contribution in [3.8, 4) is 34.1 Å². The van der Waals surface area contributed by atoms with Gasteiger partial charge < -0.3 is 28.4 Å². The first kappa shape index (κ1) is 28.8. The molecule has 3 aromatic rings. The minimum atomic E-state index is -0.265. The molecule has 0 atom stereocenters. The van der Waals surface area contributed by atoms with Crippen LogP contribution in [0.3, 0.4) is 0 Å². The third kappa shape index (κ3) is 7.91. The second kappa shape index (κ2) is 14.3. The number of carbonyl (C=O) groups excluding carboxylic acids is 2. The van der Waals surface area contributed by atoms with Gasteiger partial charge in [-0.05, 0) is 86.2 Å². The van der Waals surface area contributed by atoms with Gasteiger partial charge in [-0.3, -0.25) is 9.59 Å². The molecule has 0 aliphatic carbocycles. The van der Waals surface area contributed by atoms with Crippen LogP contribution < -0.4 is 18.9 Å². The van der Waals surface area contributed by atoms with Crippen LogP contribution in [-0.4, -0.2) is 38.6 Å². The number of rotatable bonds is 14. The Balaban J connectivity index is 1.49. The highest BCUT2D eigenvalue weighted by Crippen LogP contribution is 2.37. The van der Waals surface area contributed by atoms with E-state index >= 15 is 0 Å². The summed E-state index contributed by atoms with van der Waals surface area (Å²) in [5.41, 5.74) is 4.88. The van der Waals surface area contributed by atoms with Crippen molar-refractivity contribution in [1.29, 1.82) is 0 Å². The van der Waals surface area contributed by atoms with E-state index in [0.717, 1.165) is 45.1 Å². The molecule has 1 aliphatic heterocycles. The monoisotopic (exact) mass is 548 g/mol. The Morgan fingerprint density at radius 2 is 1.60 bits per heavy atom. The molecule has 1 heterocycles. The van der Waals surface area contributed by atoms with Crippen molar-refractivity contribution in [2.45, 2.75) is 53.1 Å². The molecule has 8 nitrogen and oxygen atoms in total. The van der Waals surface area contributed by atoms with E-state index in [1.165, 1.54) is 0 Å². The molecule has 3 aromatic carbocycles. The lowest BCUT2D eigenvalue weighted by Crippen LogP contribution is -2.10. The van der Waals surface area contributed by atoms with Gasteiger partial charge in [0, 0.05) is 18.4 Å². The Hall–Kier alpha value is -4.20. The number of fused-ring (bicyclic) bond motifs is 1. The number of aryl methyl sites for hydroxylation is 1. The van der Waals surface area contributed by atoms with Gasteiger partial charge in [0.1, 0.15) is 18.1 Å². The maximum absolute atomic E-state index is 12.1. The Bertz CT molecular complexity index is 1320. The molecule has 4 rings (SSSR count). The average molecular weight is 549 g/mol. The summed E-state index contributed by atoms with van der Waals surface area (Å²) in [6.07, 6.45) is 1.49. The lowest BCUT2D eigenvalue weighted by atomic mass is 10.0. The predicted octanol–water partition coefficient (Wildman–Crippen LogP) is 6.19. The molecule has 0 saturated carbocycles. The fourth-order valence-electron chi connectivity index (χ4n) is 4.49. The van der Waals surface area contributed by atoms with E-state index in [4.69, 9.17) is 28.4 Å². The summed E-state index contributed by atoms with van der Waals surface area (Å²) in [4.78, 5) is 23.8. The highest BCUT2D eigenvalue weighted by molar-refractivity contribution is 5.71. The highest BCUT2D eigenvalue weighted by Gasteiger charge is 2.16. The Morgan fingerprint density at radius 1 is 0.825 bits per heavy atom. The Kier molecular flexibility index (Phi) is 10.3. The first-order valence-electron chi connectivity index (χ1n) is 13.7. The summed E-state index contributed by atoms with van der Waals surface area (Å²) >= 11 is 0. The summed E-state index contributed by atoms with van der Waals surface area (Å²) in [5.74, 6) is 2.36. The predicted molar refractivity (Wildman–Crippen MR) is 150 cm³/mol. The average Bonchev–Trinajstić information content (AvgIpc) is 3.42. The highest BCUT2D eigenvalue weighted by atomic mass is 16.7. The van der Waals surface area contributed by atoms with Crippen LogP contribution in [0, 0.1) is 6.92 Å². The molecule has 0 amide bonds. The molecule has 1 aliphatic rings. The Morgan fingerprint density at radius 3 is 2.40 bits per heavy atom. The topological polar surface area (TPSA) is 89.5 Å². The van der Waals surface area contributed by atoms with Gasteiger partial charge in [-0.1, -0.05) is 24.3 Å². The molecule has 0 spiro atoms. The first-order valence-corrected chi connectivity index (χ1v) is 13.7. The zero-order valence-corrected chi connectivity index (χ0v) is 23.3. The SMILES string of the molecule is CCOC(=O)CCCOc1cccc(COc2cc(C)cc(-c3ccc4c(c3)OCO4)c2)c1CCC(=O)OCC. The Labute approximate surface area is 235 Å². The molecule has 0 fully saturated rings. The van der Waals surface area contributed by atoms with E-state index < -0.39 is 0 Å². The standard InChI is InChI=1S/C32H36O8/c1-4-35-31(33)10-7-15-37-28-9-6-8-24(27(28)12-14-32(34)36-5-2)20-38-26-17-22(3)16-25(18-26)23-11-13-29-30(19-23)40-21-39-29/h6,8-9,11,13,16-19H,4-5,7,10,12,14-15,20-21H2,1-3H3. The molecule has 0 aromatic heterocycles. The summed E-state index contributed by atoms with van der Waals surface area (Å²) in [6, 6.07) is 17.7. The van der Waals surface area contributed by atoms with Crippen molar-refractivity contribution >= 4 is 11.9 Å². The molecular weight excluding hydrogens is 512 g/mol. The number of benzene rings is 3. The summed E-state index contributed by atoms with van der Waals surface area (Å²) in [7, 11) is 0. The number of hydrogen-bond donors (Lipinski definition) is 0. The van der Waals surface area contributed by atoms with Gasteiger partial charge in [0.25, 0.3) is 0 Å². The number of hydrogen-bond acceptors (Lipinski definition) is 8. The van der Waals surface area contributed by atoms with Gasteiger partial charge >= 0.3 is 11.9 Å². The molecular formula is C32H36O8. The molecule has 0 N–H and O–H groups in total. The van der Waals surface area contributed by atoms with Crippen molar-refractivity contribution < 1.29 is 38.0 Å². The second-order valence-electron chi connectivity index (χ2n) is 9.35. The smallest absolute Gasteiger partial charge is 0.306 e. The maximum Gasteiger partial charge on any atom is 0.306 e. The van der Waals surface area contributed by atoms with Gasteiger partial charge in [0.05, 0.1) is 19.8 Å². The third-order valence-electron chi connectivity index (χ3n) is 6.35. The summed E-state index contributed by atoms with van der Waals surface area (Å²) in [6.45, 7) is 7.17. The normalized spacial score (nSPS) is 11.7. The van der Waals surface area contributed by atoms with Crippen LogP contribution in [-0.2, 0) is 32.1 Å². The largest absolute Gasteiger partial charge is 0.493 e. The van der Waals surface area contributed by atoms with Gasteiger partial charge in [0.2, 0.25) is 6.79 Å². The second-order valence-corrected chi connectivity index (χ2v) is 9.35. The van der Waals surface area contributed by atoms with Crippen molar-refractivity contribution in [2.24, 2.45) is 0 Å². The van der Waals surface area contributed by atoms with E-state index in [0.29, 0.717) is 45.0 Å². The zero-order valence-electron chi connectivity index (χ0n) is 23.3. The minimum absolute atomic E-state index is 0.225. The maximum atomic E-state index is 12.1. The van der Waals surface area contributed by atoms with Gasteiger partial charge in [-0.2, -0.15) is 0 Å². The lowest BCUT2D eigenvalue weighted by Gasteiger charge is -2.17. The quantitative estimate of drug-likeness (QED) is 0.174. The third-order valence-corrected chi connectivity index (χ3v) is 6.35. The minimum Gasteiger partial charge on any atom is -0.493 e. The number of ether oxygens (including phenoxy) is 6. The van der Waals surface area contributed by atoms with Crippen molar-refractivity contribution in [3.63, 3.8) is 0 Å². The van der Waals surface area contributed by atoms with Crippen LogP contribution >= 0.6 is 0 Å². The first-order chi connectivity index (χ1) is 19.5. The fraction of sp³-hybridized carbons (Fsp3) is 0.375. The van der Waals surface area contributed by atoms with Crippen LogP contribution in [0.2, 0.25) is 0 Å². The molecule has 40 heavy (non-hydrogen) atoms. The van der Waals surface area contributed by atoms with Crippen LogP contribution in [0.1, 0.15) is 49.8 Å². The molecule has 0 saturated heterocycles. The fourth-order valence-corrected chi connectivity index (χ4v) is 4.49. The zero-order chi connectivity index (χ0) is 28.3. The van der Waals surface area contributed by atoms with Gasteiger partial charge in [0.15, 0.2) is 11.5 Å². The lowest BCUT2D eigenvalue weighted by molar-refractivity contribution is -0.144. The van der Waals surface area contributed by atoms with Crippen LogP contribution in [0.15, 0.2) is 54.6 Å². The van der Waals surface area contributed by atoms with E-state index in [1.54, 1.807) is 13.8 Å². The van der Waals surface area contributed by atoms with Gasteiger partial charge in [-0.25, -0.2) is 0 Å². The molecule has 212 valence electrons. The van der Waals surface area contributed by atoms with Crippen molar-refractivity contribution in [3.05, 3.63) is 71.3 Å². The molecule has 0 unspecified atom stereocenters. The van der Waals surface area contributed by atoms with E-state index in [2.05, 4.69) is 6.07 Å². The summed E-state index contributed by atoms with van der Waals surface area (Å²) < 4.78 is 33.4. The number of esters is 2. The van der Waals surface area contributed by atoms with Gasteiger partial charge in [-0.15, -0.1) is 0 Å². The van der Waals surface area contributed by atoms with Crippen molar-refractivity contribution in [1.82, 2.24) is 0 Å². The van der Waals surface area contributed by atoms with E-state index in [9.17, 15) is 9.59 Å². The van der Waals surface area contributed by atoms with Crippen LogP contribution in [0.4, 0.5) is 0 Å². The molecule has 8 heteroatoms. The van der Waals surface area contributed by atoms with E-state index in [-0.39, 0.29) is 31.6 Å². The van der Waals surface area contributed by atoms with Crippen LogP contribution in [0.25, 0.3) is 11.1 Å². The van der Waals surface area contributed by atoms with Crippen molar-refractivity contribution in [2.75, 3.05) is 26.6 Å². The van der Waals surface area contributed by atoms with Crippen LogP contribution in [0.5, 0.6) is 23.0 Å². The number of carbonyl (C=O) groups is 2. The summed E-state index contributed by atoms with van der Waals surface area (Å²) in [5, 5.41) is 0. The molecule has 0 radical (unpaired) electrons. The van der Waals surface area contributed by atoms with E-state index in [1.807, 2.05) is 55.5 Å². The molecule has 0 bridgehead atoms.